The van der Waals surface area contributed by atoms with Crippen molar-refractivity contribution in [1.82, 2.24) is 4.90 Å². The van der Waals surface area contributed by atoms with Gasteiger partial charge in [-0.2, -0.15) is 0 Å². The Morgan fingerprint density at radius 3 is 2.17 bits per heavy atom. The van der Waals surface area contributed by atoms with E-state index < -0.39 is 4.92 Å². The van der Waals surface area contributed by atoms with E-state index in [9.17, 15) is 20.0 Å². The number of rotatable bonds is 3. The third-order valence-corrected chi connectivity index (χ3v) is 4.47. The minimum atomic E-state index is -0.475. The first-order valence-corrected chi connectivity index (χ1v) is 7.87. The van der Waals surface area contributed by atoms with Gasteiger partial charge in [0, 0.05) is 30.8 Å². The average Bonchev–Trinajstić information content (AvgIpc) is 2.62. The molecule has 1 fully saturated rings. The summed E-state index contributed by atoms with van der Waals surface area (Å²) in [6, 6.07) is 12.9. The van der Waals surface area contributed by atoms with Gasteiger partial charge in [-0.1, -0.05) is 12.1 Å². The van der Waals surface area contributed by atoms with Crippen molar-refractivity contribution in [2.24, 2.45) is 0 Å². The maximum atomic E-state index is 12.5. The zero-order valence-corrected chi connectivity index (χ0v) is 13.1. The summed E-state index contributed by atoms with van der Waals surface area (Å²) in [4.78, 5) is 24.5. The largest absolute Gasteiger partial charge is 0.508 e. The Bertz CT molecular complexity index is 733. The zero-order chi connectivity index (χ0) is 17.1. The maximum absolute atomic E-state index is 12.5. The Kier molecular flexibility index (Phi) is 4.46. The molecule has 6 heteroatoms. The Labute approximate surface area is 139 Å². The summed E-state index contributed by atoms with van der Waals surface area (Å²) >= 11 is 0. The first-order valence-electron chi connectivity index (χ1n) is 7.87. The van der Waals surface area contributed by atoms with E-state index in [4.69, 9.17) is 0 Å². The Hall–Kier alpha value is -2.89. The predicted octanol–water partition coefficient (Wildman–Crippen LogP) is 3.32. The van der Waals surface area contributed by atoms with Crippen LogP contribution in [0.1, 0.15) is 34.7 Å². The molecule has 2 aromatic carbocycles. The van der Waals surface area contributed by atoms with Crippen LogP contribution in [0.4, 0.5) is 5.69 Å². The molecule has 0 aliphatic carbocycles. The summed E-state index contributed by atoms with van der Waals surface area (Å²) in [6.07, 6.45) is 1.73. The molecule has 0 atom stereocenters. The molecule has 0 spiro atoms. The number of phenolic OH excluding ortho intramolecular Hbond substituents is 1. The van der Waals surface area contributed by atoms with Crippen LogP contribution in [-0.2, 0) is 0 Å². The topological polar surface area (TPSA) is 83.7 Å². The van der Waals surface area contributed by atoms with Crippen molar-refractivity contribution in [2.75, 3.05) is 13.1 Å². The molecule has 24 heavy (non-hydrogen) atoms. The van der Waals surface area contributed by atoms with Crippen LogP contribution in [0.15, 0.2) is 48.5 Å². The van der Waals surface area contributed by atoms with Crippen molar-refractivity contribution in [3.05, 3.63) is 69.8 Å². The number of nitro benzene ring substituents is 1. The van der Waals surface area contributed by atoms with E-state index in [1.165, 1.54) is 29.8 Å². The van der Waals surface area contributed by atoms with E-state index in [0.717, 1.165) is 12.8 Å². The number of nitro groups is 1. The number of hydrogen-bond acceptors (Lipinski definition) is 4. The van der Waals surface area contributed by atoms with Gasteiger partial charge in [-0.15, -0.1) is 0 Å². The average molecular weight is 326 g/mol. The molecular formula is C18H18N2O4. The van der Waals surface area contributed by atoms with Crippen molar-refractivity contribution >= 4 is 11.6 Å². The first kappa shape index (κ1) is 16.0. The van der Waals surface area contributed by atoms with Crippen LogP contribution in [0.2, 0.25) is 0 Å². The number of nitrogens with zero attached hydrogens (tertiary/aromatic N) is 2. The Morgan fingerprint density at radius 2 is 1.62 bits per heavy atom. The molecule has 0 saturated carbocycles. The van der Waals surface area contributed by atoms with Gasteiger partial charge in [0.2, 0.25) is 0 Å². The van der Waals surface area contributed by atoms with Gasteiger partial charge in [-0.3, -0.25) is 14.9 Å². The third kappa shape index (κ3) is 3.37. The second-order valence-corrected chi connectivity index (χ2v) is 5.96. The van der Waals surface area contributed by atoms with Gasteiger partial charge in [-0.05, 0) is 48.6 Å². The molecule has 0 aromatic heterocycles. The summed E-state index contributed by atoms with van der Waals surface area (Å²) in [5.74, 6) is 0.546. The maximum Gasteiger partial charge on any atom is 0.269 e. The summed E-state index contributed by atoms with van der Waals surface area (Å²) in [5.41, 5.74) is 1.64. The molecule has 1 saturated heterocycles. The number of hydrogen-bond donors (Lipinski definition) is 1. The highest BCUT2D eigenvalue weighted by atomic mass is 16.6. The molecule has 3 rings (SSSR count). The van der Waals surface area contributed by atoms with Crippen LogP contribution < -0.4 is 0 Å². The number of carbonyl (C=O) groups excluding carboxylic acids is 1. The lowest BCUT2D eigenvalue weighted by Crippen LogP contribution is -2.37. The molecule has 1 N–H and O–H groups in total. The van der Waals surface area contributed by atoms with Gasteiger partial charge >= 0.3 is 0 Å². The van der Waals surface area contributed by atoms with Crippen molar-refractivity contribution in [3.8, 4) is 5.75 Å². The second kappa shape index (κ2) is 6.70. The van der Waals surface area contributed by atoms with Crippen molar-refractivity contribution in [2.45, 2.75) is 18.8 Å². The second-order valence-electron chi connectivity index (χ2n) is 5.96. The van der Waals surface area contributed by atoms with E-state index >= 15 is 0 Å². The molecule has 1 heterocycles. The minimum absolute atomic E-state index is 0.0161. The number of carbonyl (C=O) groups is 1. The normalized spacial score (nSPS) is 15.2. The van der Waals surface area contributed by atoms with Crippen molar-refractivity contribution < 1.29 is 14.8 Å². The highest BCUT2D eigenvalue weighted by Crippen LogP contribution is 2.29. The number of piperidine rings is 1. The first-order chi connectivity index (χ1) is 11.5. The fourth-order valence-electron chi connectivity index (χ4n) is 3.07. The van der Waals surface area contributed by atoms with E-state index in [0.29, 0.717) is 24.6 Å². The summed E-state index contributed by atoms with van der Waals surface area (Å²) in [6.45, 7) is 1.31. The van der Waals surface area contributed by atoms with Crippen LogP contribution in [0.5, 0.6) is 5.75 Å². The lowest BCUT2D eigenvalue weighted by atomic mass is 9.89. The highest BCUT2D eigenvalue weighted by molar-refractivity contribution is 5.94. The van der Waals surface area contributed by atoms with Gasteiger partial charge < -0.3 is 10.0 Å². The molecule has 1 aliphatic heterocycles. The molecule has 0 unspecified atom stereocenters. The van der Waals surface area contributed by atoms with Crippen molar-refractivity contribution in [3.63, 3.8) is 0 Å². The number of benzene rings is 2. The lowest BCUT2D eigenvalue weighted by molar-refractivity contribution is -0.384. The highest BCUT2D eigenvalue weighted by Gasteiger charge is 2.24. The molecule has 124 valence electrons. The number of aromatic hydroxyl groups is 1. The Morgan fingerprint density at radius 1 is 1.04 bits per heavy atom. The van der Waals surface area contributed by atoms with Gasteiger partial charge in [0.05, 0.1) is 4.92 Å². The molecule has 1 aliphatic rings. The van der Waals surface area contributed by atoms with E-state index in [1.54, 1.807) is 17.0 Å². The van der Waals surface area contributed by atoms with E-state index in [2.05, 4.69) is 0 Å². The predicted molar refractivity (Wildman–Crippen MR) is 89.1 cm³/mol. The number of amides is 1. The fraction of sp³-hybridized carbons (Fsp3) is 0.278. The molecule has 0 radical (unpaired) electrons. The SMILES string of the molecule is O=C(c1ccc([N+](=O)[O-])cc1)N1CCC(c2ccc(O)cc2)CC1. The van der Waals surface area contributed by atoms with Crippen LogP contribution in [0.3, 0.4) is 0 Å². The van der Waals surface area contributed by atoms with E-state index in [1.807, 2.05) is 12.1 Å². The smallest absolute Gasteiger partial charge is 0.269 e. The summed E-state index contributed by atoms with van der Waals surface area (Å²) in [7, 11) is 0. The van der Waals surface area contributed by atoms with Gasteiger partial charge in [0.15, 0.2) is 0 Å². The Balaban J connectivity index is 1.62. The lowest BCUT2D eigenvalue weighted by Gasteiger charge is -2.32. The summed E-state index contributed by atoms with van der Waals surface area (Å²) in [5, 5.41) is 20.0. The number of likely N-dealkylation sites (tertiary alicyclic amines) is 1. The van der Waals surface area contributed by atoms with Crippen LogP contribution in [0.25, 0.3) is 0 Å². The van der Waals surface area contributed by atoms with Gasteiger partial charge in [0.25, 0.3) is 11.6 Å². The minimum Gasteiger partial charge on any atom is -0.508 e. The van der Waals surface area contributed by atoms with Gasteiger partial charge in [0.1, 0.15) is 5.75 Å². The fourth-order valence-corrected chi connectivity index (χ4v) is 3.07. The van der Waals surface area contributed by atoms with Crippen LogP contribution >= 0.6 is 0 Å². The monoisotopic (exact) mass is 326 g/mol. The van der Waals surface area contributed by atoms with Crippen molar-refractivity contribution in [1.29, 1.82) is 0 Å². The molecule has 1 amide bonds. The molecular weight excluding hydrogens is 308 g/mol. The molecule has 6 nitrogen and oxygen atoms in total. The third-order valence-electron chi connectivity index (χ3n) is 4.47. The molecule has 2 aromatic rings. The zero-order valence-electron chi connectivity index (χ0n) is 13.1. The molecule has 0 bridgehead atoms. The summed E-state index contributed by atoms with van der Waals surface area (Å²) < 4.78 is 0. The van der Waals surface area contributed by atoms with Gasteiger partial charge in [-0.25, -0.2) is 0 Å². The van der Waals surface area contributed by atoms with E-state index in [-0.39, 0.29) is 17.3 Å². The number of non-ortho nitro benzene ring substituents is 1. The van der Waals surface area contributed by atoms with Crippen LogP contribution in [-0.4, -0.2) is 33.9 Å². The number of phenols is 1. The quantitative estimate of drug-likeness (QED) is 0.693. The van der Waals surface area contributed by atoms with Crippen LogP contribution in [0, 0.1) is 10.1 Å². The standard InChI is InChI=1S/C18H18N2O4/c21-17-7-3-13(4-8-17)14-9-11-19(12-10-14)18(22)15-1-5-16(6-2-15)20(23)24/h1-8,14,21H,9-12H2.